The predicted molar refractivity (Wildman–Crippen MR) is 79.9 cm³/mol. The van der Waals surface area contributed by atoms with E-state index < -0.39 is 0 Å². The smallest absolute Gasteiger partial charge is 0.251 e. The Kier molecular flexibility index (Phi) is 7.69. The highest BCUT2D eigenvalue weighted by atomic mass is 16.5. The Morgan fingerprint density at radius 1 is 1.25 bits per heavy atom. The first-order valence-electron chi connectivity index (χ1n) is 6.86. The Bertz CT molecular complexity index is 422. The van der Waals surface area contributed by atoms with Crippen LogP contribution in [0.25, 0.3) is 0 Å². The summed E-state index contributed by atoms with van der Waals surface area (Å²) in [6.45, 7) is 4.46. The number of nitrogens with one attached hydrogen (secondary N) is 1. The number of nitrogen functional groups attached to an aromatic ring is 1. The topological polar surface area (TPSA) is 73.6 Å². The van der Waals surface area contributed by atoms with E-state index in [0.29, 0.717) is 37.6 Å². The second-order valence-electron chi connectivity index (χ2n) is 4.64. The van der Waals surface area contributed by atoms with E-state index in [0.717, 1.165) is 18.4 Å². The fraction of sp³-hybridized carbons (Fsp3) is 0.533. The molecule has 0 aliphatic rings. The normalized spacial score (nSPS) is 10.5. The van der Waals surface area contributed by atoms with Crippen LogP contribution in [0.15, 0.2) is 18.2 Å². The minimum Gasteiger partial charge on any atom is -0.399 e. The zero-order valence-corrected chi connectivity index (χ0v) is 12.3. The largest absolute Gasteiger partial charge is 0.399 e. The molecule has 0 atom stereocenters. The molecule has 0 heterocycles. The molecule has 0 saturated heterocycles. The Balaban J connectivity index is 2.18. The third kappa shape index (κ3) is 6.04. The molecular formula is C15H24N2O3. The SMILES string of the molecule is COCCOCCCCNC(=O)c1cc(N)ccc1C. The molecule has 0 spiro atoms. The van der Waals surface area contributed by atoms with Crippen molar-refractivity contribution in [1.82, 2.24) is 5.32 Å². The van der Waals surface area contributed by atoms with E-state index in [1.165, 1.54) is 0 Å². The molecule has 20 heavy (non-hydrogen) atoms. The highest BCUT2D eigenvalue weighted by Crippen LogP contribution is 2.12. The van der Waals surface area contributed by atoms with Gasteiger partial charge in [-0.2, -0.15) is 0 Å². The zero-order valence-electron chi connectivity index (χ0n) is 12.3. The molecule has 0 saturated carbocycles. The second-order valence-corrected chi connectivity index (χ2v) is 4.64. The standard InChI is InChI=1S/C15H24N2O3/c1-12-5-6-13(16)11-14(12)15(18)17-7-3-4-8-20-10-9-19-2/h5-6,11H,3-4,7-10,16H2,1-2H3,(H,17,18). The van der Waals surface area contributed by atoms with E-state index in [1.807, 2.05) is 13.0 Å². The molecule has 3 N–H and O–H groups in total. The van der Waals surface area contributed by atoms with Gasteiger partial charge in [-0.3, -0.25) is 4.79 Å². The molecule has 1 rings (SSSR count). The first kappa shape index (κ1) is 16.5. The third-order valence-corrected chi connectivity index (χ3v) is 2.94. The van der Waals surface area contributed by atoms with Crippen molar-refractivity contribution in [3.8, 4) is 0 Å². The summed E-state index contributed by atoms with van der Waals surface area (Å²) < 4.78 is 10.2. The molecule has 1 aromatic carbocycles. The first-order valence-corrected chi connectivity index (χ1v) is 6.86. The fourth-order valence-corrected chi connectivity index (χ4v) is 1.75. The average molecular weight is 280 g/mol. The van der Waals surface area contributed by atoms with Crippen molar-refractivity contribution < 1.29 is 14.3 Å². The molecule has 1 aromatic rings. The van der Waals surface area contributed by atoms with E-state index in [9.17, 15) is 4.79 Å². The molecule has 0 aliphatic heterocycles. The summed E-state index contributed by atoms with van der Waals surface area (Å²) in [6.07, 6.45) is 1.81. The molecule has 0 aromatic heterocycles. The first-order chi connectivity index (χ1) is 9.65. The number of methoxy groups -OCH3 is 1. The molecule has 5 nitrogen and oxygen atoms in total. The van der Waals surface area contributed by atoms with Gasteiger partial charge in [0, 0.05) is 31.5 Å². The number of hydrogen-bond acceptors (Lipinski definition) is 4. The van der Waals surface area contributed by atoms with Crippen LogP contribution >= 0.6 is 0 Å². The quantitative estimate of drug-likeness (QED) is 0.534. The summed E-state index contributed by atoms with van der Waals surface area (Å²) in [6, 6.07) is 5.36. The van der Waals surface area contributed by atoms with Crippen molar-refractivity contribution >= 4 is 11.6 Å². The van der Waals surface area contributed by atoms with Crippen molar-refractivity contribution in [2.45, 2.75) is 19.8 Å². The van der Waals surface area contributed by atoms with Crippen molar-refractivity contribution in [2.24, 2.45) is 0 Å². The van der Waals surface area contributed by atoms with Crippen molar-refractivity contribution in [3.05, 3.63) is 29.3 Å². The minimum absolute atomic E-state index is 0.0740. The lowest BCUT2D eigenvalue weighted by atomic mass is 10.1. The Labute approximate surface area is 120 Å². The predicted octanol–water partition coefficient (Wildman–Crippen LogP) is 1.75. The fourth-order valence-electron chi connectivity index (χ4n) is 1.75. The molecule has 0 radical (unpaired) electrons. The molecule has 112 valence electrons. The van der Waals surface area contributed by atoms with Crippen LogP contribution in [0.1, 0.15) is 28.8 Å². The number of carbonyl (C=O) groups is 1. The van der Waals surface area contributed by atoms with Gasteiger partial charge >= 0.3 is 0 Å². The van der Waals surface area contributed by atoms with Gasteiger partial charge in [0.1, 0.15) is 0 Å². The van der Waals surface area contributed by atoms with Crippen LogP contribution in [0.3, 0.4) is 0 Å². The number of amides is 1. The van der Waals surface area contributed by atoms with E-state index in [2.05, 4.69) is 5.32 Å². The van der Waals surface area contributed by atoms with Gasteiger partial charge in [-0.25, -0.2) is 0 Å². The molecule has 0 bridgehead atoms. The summed E-state index contributed by atoms with van der Waals surface area (Å²) in [7, 11) is 1.65. The van der Waals surface area contributed by atoms with Gasteiger partial charge in [0.2, 0.25) is 0 Å². The maximum Gasteiger partial charge on any atom is 0.251 e. The average Bonchev–Trinajstić information content (AvgIpc) is 2.44. The van der Waals surface area contributed by atoms with Gasteiger partial charge in [0.15, 0.2) is 0 Å². The zero-order chi connectivity index (χ0) is 14.8. The van der Waals surface area contributed by atoms with Crippen molar-refractivity contribution in [3.63, 3.8) is 0 Å². The van der Waals surface area contributed by atoms with Crippen molar-refractivity contribution in [1.29, 1.82) is 0 Å². The van der Waals surface area contributed by atoms with Gasteiger partial charge in [-0.1, -0.05) is 6.07 Å². The maximum atomic E-state index is 12.0. The summed E-state index contributed by atoms with van der Waals surface area (Å²) >= 11 is 0. The number of nitrogens with two attached hydrogens (primary N) is 1. The van der Waals surface area contributed by atoms with Gasteiger partial charge in [-0.05, 0) is 37.5 Å². The highest BCUT2D eigenvalue weighted by Gasteiger charge is 2.08. The third-order valence-electron chi connectivity index (χ3n) is 2.94. The van der Waals surface area contributed by atoms with Crippen LogP contribution in [-0.2, 0) is 9.47 Å². The van der Waals surface area contributed by atoms with Crippen LogP contribution in [0.4, 0.5) is 5.69 Å². The second kappa shape index (κ2) is 9.34. The van der Waals surface area contributed by atoms with Gasteiger partial charge < -0.3 is 20.5 Å². The molecule has 0 aliphatic carbocycles. The van der Waals surface area contributed by atoms with Crippen LogP contribution < -0.4 is 11.1 Å². The molecule has 5 heteroatoms. The summed E-state index contributed by atoms with van der Waals surface area (Å²) in [5.41, 5.74) is 7.87. The number of rotatable bonds is 9. The highest BCUT2D eigenvalue weighted by molar-refractivity contribution is 5.96. The number of anilines is 1. The lowest BCUT2D eigenvalue weighted by Gasteiger charge is -2.08. The van der Waals surface area contributed by atoms with E-state index in [-0.39, 0.29) is 5.91 Å². The number of benzene rings is 1. The van der Waals surface area contributed by atoms with Gasteiger partial charge in [0.25, 0.3) is 5.91 Å². The van der Waals surface area contributed by atoms with Crippen LogP contribution in [0.5, 0.6) is 0 Å². The molecule has 0 unspecified atom stereocenters. The number of aryl methyl sites for hydroxylation is 1. The minimum atomic E-state index is -0.0740. The Hall–Kier alpha value is -1.59. The monoisotopic (exact) mass is 280 g/mol. The van der Waals surface area contributed by atoms with Crippen LogP contribution in [-0.4, -0.2) is 39.4 Å². The number of hydrogen-bond donors (Lipinski definition) is 2. The summed E-state index contributed by atoms with van der Waals surface area (Å²) in [4.78, 5) is 12.0. The maximum absolute atomic E-state index is 12.0. The van der Waals surface area contributed by atoms with E-state index in [4.69, 9.17) is 15.2 Å². The lowest BCUT2D eigenvalue weighted by Crippen LogP contribution is -2.25. The molecule has 1 amide bonds. The Morgan fingerprint density at radius 3 is 2.80 bits per heavy atom. The Morgan fingerprint density at radius 2 is 2.05 bits per heavy atom. The summed E-state index contributed by atoms with van der Waals surface area (Å²) in [5.74, 6) is -0.0740. The lowest BCUT2D eigenvalue weighted by molar-refractivity contribution is 0.0686. The van der Waals surface area contributed by atoms with E-state index >= 15 is 0 Å². The van der Waals surface area contributed by atoms with Crippen LogP contribution in [0.2, 0.25) is 0 Å². The van der Waals surface area contributed by atoms with Crippen LogP contribution in [0, 0.1) is 6.92 Å². The van der Waals surface area contributed by atoms with Gasteiger partial charge in [0.05, 0.1) is 13.2 Å². The molecule has 0 fully saturated rings. The molecular weight excluding hydrogens is 256 g/mol. The number of ether oxygens (including phenoxy) is 2. The summed E-state index contributed by atoms with van der Waals surface area (Å²) in [5, 5.41) is 2.89. The van der Waals surface area contributed by atoms with Gasteiger partial charge in [-0.15, -0.1) is 0 Å². The van der Waals surface area contributed by atoms with E-state index in [1.54, 1.807) is 19.2 Å². The number of carbonyl (C=O) groups excluding carboxylic acids is 1. The van der Waals surface area contributed by atoms with Crippen molar-refractivity contribution in [2.75, 3.05) is 39.2 Å². The number of unbranched alkanes of at least 4 members (excludes halogenated alkanes) is 1.